The van der Waals surface area contributed by atoms with Crippen molar-refractivity contribution in [3.63, 3.8) is 0 Å². The zero-order chi connectivity index (χ0) is 18.8. The number of Topliss-reactive ketones (excluding diaryl/α,β-unsaturated/α-hetero) is 1. The monoisotopic (exact) mass is 351 g/mol. The SMILES string of the molecule is CC(=O)c1ncc(-c2nc(N)c(-c3ccc(C(=O)O)cn3)nc2N)cn1. The topological polar surface area (TPSA) is 171 Å². The highest BCUT2D eigenvalue weighted by molar-refractivity contribution is 5.90. The minimum Gasteiger partial charge on any atom is -0.478 e. The van der Waals surface area contributed by atoms with Crippen LogP contribution in [0.2, 0.25) is 0 Å². The van der Waals surface area contributed by atoms with Crippen LogP contribution >= 0.6 is 0 Å². The normalized spacial score (nSPS) is 10.5. The van der Waals surface area contributed by atoms with Crippen molar-refractivity contribution in [1.82, 2.24) is 24.9 Å². The summed E-state index contributed by atoms with van der Waals surface area (Å²) in [6, 6.07) is 2.85. The molecule has 0 aromatic carbocycles. The molecule has 10 heteroatoms. The Morgan fingerprint density at radius 3 is 2.08 bits per heavy atom. The Labute approximate surface area is 147 Å². The van der Waals surface area contributed by atoms with Gasteiger partial charge in [0.15, 0.2) is 23.2 Å². The van der Waals surface area contributed by atoms with Gasteiger partial charge in [0.05, 0.1) is 11.3 Å². The Bertz CT molecular complexity index is 918. The molecule has 26 heavy (non-hydrogen) atoms. The van der Waals surface area contributed by atoms with E-state index in [2.05, 4.69) is 24.9 Å². The number of rotatable bonds is 4. The summed E-state index contributed by atoms with van der Waals surface area (Å²) in [5.41, 5.74) is 13.2. The number of carboxylic acid groups (broad SMARTS) is 1. The number of aromatic nitrogens is 5. The molecule has 0 bridgehead atoms. The molecule has 0 aliphatic heterocycles. The second-order valence-electron chi connectivity index (χ2n) is 5.28. The lowest BCUT2D eigenvalue weighted by molar-refractivity contribution is 0.0696. The standard InChI is InChI=1S/C16H13N7O3/c1-7(24)15-20-5-9(6-21-15)11-13(17)23-12(14(18)22-11)10-3-2-8(4-19-10)16(25)26/h2-6H,1H3,(H2,17,23)(H2,18,22)(H,25,26). The zero-order valence-corrected chi connectivity index (χ0v) is 13.5. The molecule has 0 spiro atoms. The molecule has 5 N–H and O–H groups in total. The summed E-state index contributed by atoms with van der Waals surface area (Å²) in [6.07, 6.45) is 4.00. The van der Waals surface area contributed by atoms with E-state index in [0.29, 0.717) is 11.3 Å². The van der Waals surface area contributed by atoms with Gasteiger partial charge in [0.1, 0.15) is 11.4 Å². The number of carbonyl (C=O) groups is 2. The van der Waals surface area contributed by atoms with Crippen LogP contribution in [-0.4, -0.2) is 41.8 Å². The number of hydrogen-bond acceptors (Lipinski definition) is 9. The number of hydrogen-bond donors (Lipinski definition) is 3. The fourth-order valence-electron chi connectivity index (χ4n) is 2.15. The van der Waals surface area contributed by atoms with Crippen LogP contribution in [-0.2, 0) is 0 Å². The Morgan fingerprint density at radius 2 is 1.54 bits per heavy atom. The van der Waals surface area contributed by atoms with Gasteiger partial charge in [0.2, 0.25) is 0 Å². The third-order valence-electron chi connectivity index (χ3n) is 3.44. The first-order valence-corrected chi connectivity index (χ1v) is 7.33. The zero-order valence-electron chi connectivity index (χ0n) is 13.5. The lowest BCUT2D eigenvalue weighted by Crippen LogP contribution is -2.07. The predicted molar refractivity (Wildman–Crippen MR) is 92.1 cm³/mol. The van der Waals surface area contributed by atoms with Crippen LogP contribution in [0.1, 0.15) is 27.9 Å². The molecule has 3 rings (SSSR count). The van der Waals surface area contributed by atoms with Gasteiger partial charge in [0.25, 0.3) is 0 Å². The van der Waals surface area contributed by atoms with Crippen LogP contribution in [0.4, 0.5) is 11.6 Å². The van der Waals surface area contributed by atoms with E-state index in [4.69, 9.17) is 16.6 Å². The maximum Gasteiger partial charge on any atom is 0.337 e. The number of aromatic carboxylic acids is 1. The van der Waals surface area contributed by atoms with Crippen molar-refractivity contribution in [3.05, 3.63) is 42.1 Å². The first-order valence-electron chi connectivity index (χ1n) is 7.33. The number of ketones is 1. The van der Waals surface area contributed by atoms with Crippen LogP contribution in [0.25, 0.3) is 22.6 Å². The van der Waals surface area contributed by atoms with Crippen molar-refractivity contribution in [2.75, 3.05) is 11.5 Å². The highest BCUT2D eigenvalue weighted by Crippen LogP contribution is 2.28. The van der Waals surface area contributed by atoms with E-state index in [1.165, 1.54) is 37.6 Å². The fourth-order valence-corrected chi connectivity index (χ4v) is 2.15. The van der Waals surface area contributed by atoms with Crippen LogP contribution < -0.4 is 11.5 Å². The molecule has 0 amide bonds. The molecular weight excluding hydrogens is 338 g/mol. The Balaban J connectivity index is 2.00. The van der Waals surface area contributed by atoms with E-state index in [1.54, 1.807) is 0 Å². The summed E-state index contributed by atoms with van der Waals surface area (Å²) in [5, 5.41) is 8.92. The number of anilines is 2. The molecule has 3 aromatic rings. The van der Waals surface area contributed by atoms with Crippen molar-refractivity contribution in [2.24, 2.45) is 0 Å². The van der Waals surface area contributed by atoms with Gasteiger partial charge in [-0.05, 0) is 12.1 Å². The summed E-state index contributed by atoms with van der Waals surface area (Å²) < 4.78 is 0. The smallest absolute Gasteiger partial charge is 0.337 e. The summed E-state index contributed by atoms with van der Waals surface area (Å²) in [5.74, 6) is -1.15. The van der Waals surface area contributed by atoms with Crippen molar-refractivity contribution < 1.29 is 14.7 Å². The molecule has 0 atom stereocenters. The van der Waals surface area contributed by atoms with Crippen molar-refractivity contribution in [1.29, 1.82) is 0 Å². The van der Waals surface area contributed by atoms with Crippen molar-refractivity contribution in [2.45, 2.75) is 6.92 Å². The van der Waals surface area contributed by atoms with E-state index < -0.39 is 5.97 Å². The average Bonchev–Trinajstić information content (AvgIpc) is 2.63. The molecule has 10 nitrogen and oxygen atoms in total. The highest BCUT2D eigenvalue weighted by Gasteiger charge is 2.16. The van der Waals surface area contributed by atoms with Crippen LogP contribution in [0, 0.1) is 0 Å². The van der Waals surface area contributed by atoms with E-state index in [9.17, 15) is 9.59 Å². The van der Waals surface area contributed by atoms with E-state index in [-0.39, 0.29) is 40.2 Å². The number of carboxylic acids is 1. The van der Waals surface area contributed by atoms with Gasteiger partial charge in [-0.2, -0.15) is 0 Å². The highest BCUT2D eigenvalue weighted by atomic mass is 16.4. The molecule has 0 unspecified atom stereocenters. The molecule has 0 radical (unpaired) electrons. The summed E-state index contributed by atoms with van der Waals surface area (Å²) in [6.45, 7) is 1.36. The Hall–Kier alpha value is -3.95. The van der Waals surface area contributed by atoms with Gasteiger partial charge in [0, 0.05) is 31.1 Å². The van der Waals surface area contributed by atoms with Gasteiger partial charge in [-0.1, -0.05) is 0 Å². The van der Waals surface area contributed by atoms with Crippen LogP contribution in [0.3, 0.4) is 0 Å². The molecule has 0 aliphatic carbocycles. The molecular formula is C16H13N7O3. The van der Waals surface area contributed by atoms with E-state index >= 15 is 0 Å². The van der Waals surface area contributed by atoms with Crippen LogP contribution in [0.5, 0.6) is 0 Å². The minimum atomic E-state index is -1.09. The van der Waals surface area contributed by atoms with Gasteiger partial charge in [-0.15, -0.1) is 0 Å². The predicted octanol–water partition coefficient (Wildman–Crippen LogP) is 1.06. The first-order chi connectivity index (χ1) is 12.4. The van der Waals surface area contributed by atoms with Gasteiger partial charge < -0.3 is 16.6 Å². The Kier molecular flexibility index (Phi) is 4.23. The maximum atomic E-state index is 11.2. The van der Waals surface area contributed by atoms with Crippen molar-refractivity contribution >= 4 is 23.4 Å². The third kappa shape index (κ3) is 3.15. The maximum absolute atomic E-state index is 11.2. The van der Waals surface area contributed by atoms with Crippen LogP contribution in [0.15, 0.2) is 30.7 Å². The van der Waals surface area contributed by atoms with E-state index in [1.807, 2.05) is 0 Å². The lowest BCUT2D eigenvalue weighted by Gasteiger charge is -2.09. The molecule has 0 aliphatic rings. The lowest BCUT2D eigenvalue weighted by atomic mass is 10.2. The summed E-state index contributed by atoms with van der Waals surface area (Å²) >= 11 is 0. The number of nitrogens with zero attached hydrogens (tertiary/aromatic N) is 5. The van der Waals surface area contributed by atoms with Crippen molar-refractivity contribution in [3.8, 4) is 22.6 Å². The molecule has 3 heterocycles. The molecule has 3 aromatic heterocycles. The molecule has 130 valence electrons. The fraction of sp³-hybridized carbons (Fsp3) is 0.0625. The second-order valence-corrected chi connectivity index (χ2v) is 5.28. The quantitative estimate of drug-likeness (QED) is 0.577. The second kappa shape index (κ2) is 6.51. The average molecular weight is 351 g/mol. The van der Waals surface area contributed by atoms with E-state index in [0.717, 1.165) is 0 Å². The summed E-state index contributed by atoms with van der Waals surface area (Å²) in [7, 11) is 0. The molecule has 0 saturated heterocycles. The first kappa shape index (κ1) is 16.9. The third-order valence-corrected chi connectivity index (χ3v) is 3.44. The Morgan fingerprint density at radius 1 is 0.923 bits per heavy atom. The minimum absolute atomic E-state index is 0.0348. The number of pyridine rings is 1. The number of nitrogen functional groups attached to an aromatic ring is 2. The largest absolute Gasteiger partial charge is 0.478 e. The number of nitrogens with two attached hydrogens (primary N) is 2. The van der Waals surface area contributed by atoms with Gasteiger partial charge >= 0.3 is 5.97 Å². The molecule has 0 fully saturated rings. The molecule has 0 saturated carbocycles. The summed E-state index contributed by atoms with van der Waals surface area (Å²) in [4.78, 5) is 42.5. The number of carbonyl (C=O) groups excluding carboxylic acids is 1. The van der Waals surface area contributed by atoms with Gasteiger partial charge in [-0.25, -0.2) is 24.7 Å². The van der Waals surface area contributed by atoms with Gasteiger partial charge in [-0.3, -0.25) is 9.78 Å².